The fraction of sp³-hybridized carbons (Fsp3) is 0.353. The lowest BCUT2D eigenvalue weighted by Gasteiger charge is -2.18. The first-order valence-electron chi connectivity index (χ1n) is 6.73. The van der Waals surface area contributed by atoms with E-state index in [0.29, 0.717) is 5.92 Å². The Morgan fingerprint density at radius 2 is 1.61 bits per heavy atom. The molecule has 1 aromatic carbocycles. The SMILES string of the molecule is CC(C)CCC(c1ccccc1)c1ccccn1. The molecule has 0 saturated heterocycles. The number of rotatable bonds is 5. The molecular formula is C17H21N. The summed E-state index contributed by atoms with van der Waals surface area (Å²) in [6.45, 7) is 4.56. The van der Waals surface area contributed by atoms with E-state index in [-0.39, 0.29) is 0 Å². The molecule has 1 atom stereocenters. The third-order valence-corrected chi connectivity index (χ3v) is 3.28. The molecule has 2 aromatic rings. The van der Waals surface area contributed by atoms with Crippen LogP contribution in [0.2, 0.25) is 0 Å². The monoisotopic (exact) mass is 239 g/mol. The average molecular weight is 239 g/mol. The molecule has 18 heavy (non-hydrogen) atoms. The Hall–Kier alpha value is -1.63. The highest BCUT2D eigenvalue weighted by Crippen LogP contribution is 2.28. The van der Waals surface area contributed by atoms with Crippen molar-refractivity contribution in [1.29, 1.82) is 0 Å². The fourth-order valence-corrected chi connectivity index (χ4v) is 2.25. The van der Waals surface area contributed by atoms with Gasteiger partial charge in [0.15, 0.2) is 0 Å². The Kier molecular flexibility index (Phi) is 4.52. The Morgan fingerprint density at radius 3 is 2.22 bits per heavy atom. The van der Waals surface area contributed by atoms with E-state index in [0.717, 1.165) is 5.92 Å². The fourth-order valence-electron chi connectivity index (χ4n) is 2.25. The van der Waals surface area contributed by atoms with Crippen molar-refractivity contribution >= 4 is 0 Å². The molecule has 0 saturated carbocycles. The van der Waals surface area contributed by atoms with Gasteiger partial charge in [0.25, 0.3) is 0 Å². The first-order valence-corrected chi connectivity index (χ1v) is 6.73. The Labute approximate surface area is 110 Å². The van der Waals surface area contributed by atoms with Gasteiger partial charge >= 0.3 is 0 Å². The summed E-state index contributed by atoms with van der Waals surface area (Å²) in [6, 6.07) is 16.9. The molecule has 0 N–H and O–H groups in total. The Balaban J connectivity index is 2.24. The van der Waals surface area contributed by atoms with E-state index < -0.39 is 0 Å². The summed E-state index contributed by atoms with van der Waals surface area (Å²) in [5.74, 6) is 1.16. The van der Waals surface area contributed by atoms with Crippen molar-refractivity contribution in [1.82, 2.24) is 4.98 Å². The van der Waals surface area contributed by atoms with Gasteiger partial charge in [-0.15, -0.1) is 0 Å². The van der Waals surface area contributed by atoms with Gasteiger partial charge in [0.2, 0.25) is 0 Å². The van der Waals surface area contributed by atoms with Gasteiger partial charge in [-0.3, -0.25) is 4.98 Å². The van der Waals surface area contributed by atoms with Crippen molar-refractivity contribution in [2.75, 3.05) is 0 Å². The van der Waals surface area contributed by atoms with Crippen LogP contribution in [0.3, 0.4) is 0 Å². The zero-order valence-electron chi connectivity index (χ0n) is 11.2. The minimum Gasteiger partial charge on any atom is -0.261 e. The van der Waals surface area contributed by atoms with Gasteiger partial charge in [-0.1, -0.05) is 56.7 Å². The maximum Gasteiger partial charge on any atom is 0.0478 e. The molecule has 1 heteroatoms. The first-order chi connectivity index (χ1) is 8.77. The molecule has 0 fully saturated rings. The van der Waals surface area contributed by atoms with Crippen molar-refractivity contribution in [3.8, 4) is 0 Å². The van der Waals surface area contributed by atoms with Crippen LogP contribution in [0.1, 0.15) is 43.9 Å². The molecule has 0 bridgehead atoms. The molecule has 1 heterocycles. The average Bonchev–Trinajstić information content (AvgIpc) is 2.41. The van der Waals surface area contributed by atoms with Crippen LogP contribution in [0.15, 0.2) is 54.7 Å². The standard InChI is InChI=1S/C17H21N/c1-14(2)11-12-16(15-8-4-3-5-9-15)17-10-6-7-13-18-17/h3-10,13-14,16H,11-12H2,1-2H3. The Bertz CT molecular complexity index is 408. The van der Waals surface area contributed by atoms with Crippen LogP contribution in [0, 0.1) is 5.92 Å². The van der Waals surface area contributed by atoms with Crippen molar-refractivity contribution in [2.24, 2.45) is 5.92 Å². The Morgan fingerprint density at radius 1 is 0.889 bits per heavy atom. The summed E-state index contributed by atoms with van der Waals surface area (Å²) in [6.07, 6.45) is 4.29. The quantitative estimate of drug-likeness (QED) is 0.740. The van der Waals surface area contributed by atoms with Gasteiger partial charge in [-0.25, -0.2) is 0 Å². The molecular weight excluding hydrogens is 218 g/mol. The smallest absolute Gasteiger partial charge is 0.0478 e. The lowest BCUT2D eigenvalue weighted by atomic mass is 9.88. The van der Waals surface area contributed by atoms with Crippen LogP contribution in [0.25, 0.3) is 0 Å². The molecule has 0 aliphatic heterocycles. The predicted octanol–water partition coefficient (Wildman–Crippen LogP) is 4.65. The molecule has 0 aliphatic rings. The van der Waals surface area contributed by atoms with Crippen LogP contribution in [0.5, 0.6) is 0 Å². The van der Waals surface area contributed by atoms with Crippen LogP contribution in [-0.4, -0.2) is 4.98 Å². The minimum absolute atomic E-state index is 0.426. The minimum atomic E-state index is 0.426. The third kappa shape index (κ3) is 3.43. The van der Waals surface area contributed by atoms with E-state index in [2.05, 4.69) is 61.3 Å². The summed E-state index contributed by atoms with van der Waals surface area (Å²) in [5.41, 5.74) is 2.56. The molecule has 1 nitrogen and oxygen atoms in total. The van der Waals surface area contributed by atoms with E-state index in [1.807, 2.05) is 12.3 Å². The van der Waals surface area contributed by atoms with Crippen molar-refractivity contribution in [3.63, 3.8) is 0 Å². The number of hydrogen-bond acceptors (Lipinski definition) is 1. The second kappa shape index (κ2) is 6.34. The van der Waals surface area contributed by atoms with Crippen molar-refractivity contribution in [3.05, 3.63) is 66.0 Å². The van der Waals surface area contributed by atoms with Gasteiger partial charge in [-0.2, -0.15) is 0 Å². The number of hydrogen-bond donors (Lipinski definition) is 0. The van der Waals surface area contributed by atoms with Crippen LogP contribution in [-0.2, 0) is 0 Å². The zero-order chi connectivity index (χ0) is 12.8. The van der Waals surface area contributed by atoms with Gasteiger partial charge in [0.1, 0.15) is 0 Å². The highest BCUT2D eigenvalue weighted by Gasteiger charge is 2.15. The largest absolute Gasteiger partial charge is 0.261 e. The van der Waals surface area contributed by atoms with Crippen molar-refractivity contribution < 1.29 is 0 Å². The highest BCUT2D eigenvalue weighted by molar-refractivity contribution is 5.28. The second-order valence-electron chi connectivity index (χ2n) is 5.19. The summed E-state index contributed by atoms with van der Waals surface area (Å²) >= 11 is 0. The van der Waals surface area contributed by atoms with E-state index in [9.17, 15) is 0 Å². The second-order valence-corrected chi connectivity index (χ2v) is 5.19. The summed E-state index contributed by atoms with van der Waals surface area (Å²) in [7, 11) is 0. The molecule has 1 aromatic heterocycles. The van der Waals surface area contributed by atoms with Gasteiger partial charge in [-0.05, 0) is 30.0 Å². The summed E-state index contributed by atoms with van der Waals surface area (Å²) < 4.78 is 0. The van der Waals surface area contributed by atoms with Gasteiger partial charge < -0.3 is 0 Å². The summed E-state index contributed by atoms with van der Waals surface area (Å²) in [5, 5.41) is 0. The third-order valence-electron chi connectivity index (χ3n) is 3.28. The number of nitrogens with zero attached hydrogens (tertiary/aromatic N) is 1. The molecule has 0 spiro atoms. The zero-order valence-corrected chi connectivity index (χ0v) is 11.2. The van der Waals surface area contributed by atoms with Gasteiger partial charge in [0, 0.05) is 17.8 Å². The van der Waals surface area contributed by atoms with Crippen LogP contribution in [0.4, 0.5) is 0 Å². The maximum atomic E-state index is 4.53. The molecule has 0 amide bonds. The molecule has 0 radical (unpaired) electrons. The first kappa shape index (κ1) is 12.8. The van der Waals surface area contributed by atoms with Gasteiger partial charge in [0.05, 0.1) is 0 Å². The van der Waals surface area contributed by atoms with E-state index in [1.165, 1.54) is 24.1 Å². The van der Waals surface area contributed by atoms with Crippen LogP contribution < -0.4 is 0 Å². The summed E-state index contributed by atoms with van der Waals surface area (Å²) in [4.78, 5) is 4.53. The topological polar surface area (TPSA) is 12.9 Å². The van der Waals surface area contributed by atoms with E-state index >= 15 is 0 Å². The number of aromatic nitrogens is 1. The predicted molar refractivity (Wildman–Crippen MR) is 76.6 cm³/mol. The van der Waals surface area contributed by atoms with Crippen LogP contribution >= 0.6 is 0 Å². The lowest BCUT2D eigenvalue weighted by molar-refractivity contribution is 0.524. The molecule has 1 unspecified atom stereocenters. The lowest BCUT2D eigenvalue weighted by Crippen LogP contribution is -2.05. The van der Waals surface area contributed by atoms with Crippen molar-refractivity contribution in [2.45, 2.75) is 32.6 Å². The van der Waals surface area contributed by atoms with E-state index in [1.54, 1.807) is 0 Å². The normalized spacial score (nSPS) is 12.6. The molecule has 2 rings (SSSR count). The molecule has 94 valence electrons. The molecule has 0 aliphatic carbocycles. The van der Waals surface area contributed by atoms with E-state index in [4.69, 9.17) is 0 Å². The number of benzene rings is 1. The highest BCUT2D eigenvalue weighted by atomic mass is 14.7. The maximum absolute atomic E-state index is 4.53. The number of pyridine rings is 1.